The van der Waals surface area contributed by atoms with Crippen LogP contribution in [0.4, 0.5) is 24.5 Å². The third kappa shape index (κ3) is 4.00. The van der Waals surface area contributed by atoms with E-state index in [0.29, 0.717) is 5.01 Å². The Morgan fingerprint density at radius 2 is 1.81 bits per heavy atom. The molecule has 7 nitrogen and oxygen atoms in total. The van der Waals surface area contributed by atoms with Crippen LogP contribution in [0.25, 0.3) is 17.4 Å². The molecule has 4 rings (SSSR count). The molecule has 0 aliphatic carbocycles. The normalized spacial score (nSPS) is 15.4. The van der Waals surface area contributed by atoms with E-state index in [1.54, 1.807) is 18.2 Å². The molecule has 2 aromatic carbocycles. The second-order valence-corrected chi connectivity index (χ2v) is 6.99. The molecular weight excluding hydrogens is 451 g/mol. The van der Waals surface area contributed by atoms with E-state index in [4.69, 9.17) is 16.0 Å². The van der Waals surface area contributed by atoms with Crippen molar-refractivity contribution in [3.8, 4) is 11.3 Å². The lowest BCUT2D eigenvalue weighted by molar-refractivity contribution is -0.384. The zero-order chi connectivity index (χ0) is 23.0. The summed E-state index contributed by atoms with van der Waals surface area (Å²) in [5.74, 6) is -0.978. The first-order valence-corrected chi connectivity index (χ1v) is 9.34. The van der Waals surface area contributed by atoms with Crippen LogP contribution in [0.2, 0.25) is 5.02 Å². The number of halogens is 4. The highest BCUT2D eigenvalue weighted by Gasteiger charge is 2.47. The summed E-state index contributed by atoms with van der Waals surface area (Å²) >= 11 is 6.08. The van der Waals surface area contributed by atoms with Gasteiger partial charge in [-0.2, -0.15) is 23.3 Å². The van der Waals surface area contributed by atoms with E-state index in [-0.39, 0.29) is 33.5 Å². The first-order valence-electron chi connectivity index (χ1n) is 8.96. The van der Waals surface area contributed by atoms with E-state index >= 15 is 0 Å². The van der Waals surface area contributed by atoms with E-state index in [2.05, 4.69) is 5.10 Å². The molecule has 0 atom stereocenters. The van der Waals surface area contributed by atoms with Gasteiger partial charge in [-0.05, 0) is 36.4 Å². The lowest BCUT2D eigenvalue weighted by atomic mass is 10.1. The summed E-state index contributed by atoms with van der Waals surface area (Å²) < 4.78 is 46.2. The number of benzene rings is 2. The van der Waals surface area contributed by atoms with Crippen LogP contribution in [0.15, 0.2) is 75.8 Å². The first-order chi connectivity index (χ1) is 15.1. The number of furan rings is 1. The second kappa shape index (κ2) is 7.97. The number of hydrogen-bond donors (Lipinski definition) is 0. The molecule has 0 radical (unpaired) electrons. The van der Waals surface area contributed by atoms with E-state index in [1.807, 2.05) is 0 Å². The number of nitro groups is 1. The molecule has 0 spiro atoms. The number of anilines is 1. The maximum absolute atomic E-state index is 13.6. The Balaban J connectivity index is 1.73. The van der Waals surface area contributed by atoms with Gasteiger partial charge in [0.15, 0.2) is 5.71 Å². The van der Waals surface area contributed by atoms with Crippen LogP contribution >= 0.6 is 11.6 Å². The molecule has 0 fully saturated rings. The van der Waals surface area contributed by atoms with Crippen LogP contribution in [0.5, 0.6) is 0 Å². The molecule has 1 aliphatic rings. The number of rotatable bonds is 4. The van der Waals surface area contributed by atoms with Gasteiger partial charge in [-0.15, -0.1) is 0 Å². The van der Waals surface area contributed by atoms with Crippen LogP contribution in [-0.4, -0.2) is 22.7 Å². The van der Waals surface area contributed by atoms with Crippen LogP contribution in [0.1, 0.15) is 5.76 Å². The van der Waals surface area contributed by atoms with Crippen LogP contribution in [0.3, 0.4) is 0 Å². The van der Waals surface area contributed by atoms with Crippen molar-refractivity contribution < 1.29 is 27.3 Å². The molecule has 0 saturated heterocycles. The van der Waals surface area contributed by atoms with Crippen molar-refractivity contribution in [2.75, 3.05) is 5.01 Å². The van der Waals surface area contributed by atoms with Crippen molar-refractivity contribution in [3.05, 3.63) is 87.1 Å². The van der Waals surface area contributed by atoms with E-state index < -0.39 is 28.3 Å². The number of hydrogen-bond acceptors (Lipinski definition) is 5. The monoisotopic (exact) mass is 461 g/mol. The molecule has 0 unspecified atom stereocenters. The Hall–Kier alpha value is -3.92. The number of nitrogens with zero attached hydrogens (tertiary/aromatic N) is 3. The Morgan fingerprint density at radius 3 is 2.47 bits per heavy atom. The minimum atomic E-state index is -4.89. The predicted octanol–water partition coefficient (Wildman–Crippen LogP) is 5.86. The summed E-state index contributed by atoms with van der Waals surface area (Å²) in [5, 5.41) is 15.3. The van der Waals surface area contributed by atoms with Gasteiger partial charge in [-0.3, -0.25) is 14.9 Å². The SMILES string of the molecule is O=C1/C(=C/c2ccc(-c3cc([N+](=O)[O-])ccc3Cl)o2)C(C(F)(F)F)=NN1c1ccccc1. The van der Waals surface area contributed by atoms with Gasteiger partial charge in [0.1, 0.15) is 11.5 Å². The second-order valence-electron chi connectivity index (χ2n) is 6.58. The number of carbonyl (C=O) groups is 1. The number of hydrazone groups is 1. The fourth-order valence-electron chi connectivity index (χ4n) is 3.03. The van der Waals surface area contributed by atoms with Crippen molar-refractivity contribution in [3.63, 3.8) is 0 Å². The van der Waals surface area contributed by atoms with Gasteiger partial charge >= 0.3 is 6.18 Å². The quantitative estimate of drug-likeness (QED) is 0.276. The summed E-state index contributed by atoms with van der Waals surface area (Å²) in [6.07, 6.45) is -3.96. The summed E-state index contributed by atoms with van der Waals surface area (Å²) in [7, 11) is 0. The average molecular weight is 462 g/mol. The van der Waals surface area contributed by atoms with E-state index in [1.165, 1.54) is 42.5 Å². The standard InChI is InChI=1S/C21H11ClF3N3O4/c22-17-8-6-13(28(30)31)10-15(17)18-9-7-14(32-18)11-16-19(21(23,24)25)26-27(20(16)29)12-4-2-1-3-5-12/h1-11H/b16-11+. The average Bonchev–Trinajstić information content (AvgIpc) is 3.34. The maximum Gasteiger partial charge on any atom is 0.435 e. The van der Waals surface area contributed by atoms with E-state index in [9.17, 15) is 28.1 Å². The third-order valence-corrected chi connectivity index (χ3v) is 4.82. The topological polar surface area (TPSA) is 88.9 Å². The minimum Gasteiger partial charge on any atom is -0.457 e. The molecule has 32 heavy (non-hydrogen) atoms. The molecule has 3 aromatic rings. The summed E-state index contributed by atoms with van der Waals surface area (Å²) in [6, 6.07) is 14.1. The zero-order valence-corrected chi connectivity index (χ0v) is 16.6. The van der Waals surface area contributed by atoms with Gasteiger partial charge in [-0.25, -0.2) is 0 Å². The highest BCUT2D eigenvalue weighted by Crippen LogP contribution is 2.35. The number of amides is 1. The van der Waals surface area contributed by atoms with Gasteiger partial charge in [0.05, 0.1) is 21.2 Å². The molecule has 11 heteroatoms. The highest BCUT2D eigenvalue weighted by molar-refractivity contribution is 6.34. The molecule has 0 bridgehead atoms. The zero-order valence-electron chi connectivity index (χ0n) is 15.8. The lowest BCUT2D eigenvalue weighted by Gasteiger charge is -2.10. The van der Waals surface area contributed by atoms with Crippen molar-refractivity contribution in [2.45, 2.75) is 6.18 Å². The molecule has 1 amide bonds. The summed E-state index contributed by atoms with van der Waals surface area (Å²) in [4.78, 5) is 23.1. The number of alkyl halides is 3. The Morgan fingerprint density at radius 1 is 1.09 bits per heavy atom. The summed E-state index contributed by atoms with van der Waals surface area (Å²) in [6.45, 7) is 0. The van der Waals surface area contributed by atoms with Gasteiger partial charge in [0, 0.05) is 17.7 Å². The van der Waals surface area contributed by atoms with Gasteiger partial charge < -0.3 is 4.42 Å². The predicted molar refractivity (Wildman–Crippen MR) is 111 cm³/mol. The van der Waals surface area contributed by atoms with Crippen LogP contribution in [-0.2, 0) is 4.79 Å². The Labute approximate surface area is 183 Å². The minimum absolute atomic E-state index is 0.0846. The fourth-order valence-corrected chi connectivity index (χ4v) is 3.24. The van der Waals surface area contributed by atoms with Crippen molar-refractivity contribution in [1.29, 1.82) is 0 Å². The van der Waals surface area contributed by atoms with Crippen LogP contribution < -0.4 is 5.01 Å². The smallest absolute Gasteiger partial charge is 0.435 e. The number of para-hydroxylation sites is 1. The fraction of sp³-hybridized carbons (Fsp3) is 0.0476. The van der Waals surface area contributed by atoms with Crippen LogP contribution in [0, 0.1) is 10.1 Å². The Bertz CT molecular complexity index is 1280. The number of nitro benzene ring substituents is 1. The van der Waals surface area contributed by atoms with Crippen molar-refractivity contribution in [1.82, 2.24) is 0 Å². The van der Waals surface area contributed by atoms with Gasteiger partial charge in [0.25, 0.3) is 11.6 Å². The largest absolute Gasteiger partial charge is 0.457 e. The maximum atomic E-state index is 13.6. The third-order valence-electron chi connectivity index (χ3n) is 4.49. The van der Waals surface area contributed by atoms with Gasteiger partial charge in [-0.1, -0.05) is 29.8 Å². The van der Waals surface area contributed by atoms with E-state index in [0.717, 1.165) is 6.08 Å². The molecule has 1 aromatic heterocycles. The molecule has 0 N–H and O–H groups in total. The molecule has 2 heterocycles. The highest BCUT2D eigenvalue weighted by atomic mass is 35.5. The summed E-state index contributed by atoms with van der Waals surface area (Å²) in [5.41, 5.74) is -1.95. The molecular formula is C21H11ClF3N3O4. The van der Waals surface area contributed by atoms with Crippen molar-refractivity contribution >= 4 is 40.7 Å². The first kappa shape index (κ1) is 21.3. The lowest BCUT2D eigenvalue weighted by Crippen LogP contribution is -2.25. The molecule has 162 valence electrons. The Kier molecular flexibility index (Phi) is 5.31. The van der Waals surface area contributed by atoms with Gasteiger partial charge in [0.2, 0.25) is 0 Å². The number of non-ortho nitro benzene ring substituents is 1. The number of carbonyl (C=O) groups excluding carboxylic acids is 1. The molecule has 1 aliphatic heterocycles. The van der Waals surface area contributed by atoms with Crippen molar-refractivity contribution in [2.24, 2.45) is 5.10 Å². The molecule has 0 saturated carbocycles.